The van der Waals surface area contributed by atoms with Crippen LogP contribution >= 0.6 is 11.8 Å². The lowest BCUT2D eigenvalue weighted by Gasteiger charge is -2.19. The minimum atomic E-state index is 0.209. The van der Waals surface area contributed by atoms with E-state index >= 15 is 0 Å². The van der Waals surface area contributed by atoms with Gasteiger partial charge in [0.25, 0.3) is 0 Å². The van der Waals surface area contributed by atoms with Crippen molar-refractivity contribution in [1.82, 2.24) is 0 Å². The zero-order valence-electron chi connectivity index (χ0n) is 16.0. The van der Waals surface area contributed by atoms with Crippen LogP contribution in [0.25, 0.3) is 6.08 Å². The largest absolute Gasteiger partial charge is 0.378 e. The first-order valence-corrected chi connectivity index (χ1v) is 10.2. The summed E-state index contributed by atoms with van der Waals surface area (Å²) in [6.45, 7) is 3.02. The number of benzene rings is 2. The molecule has 3 nitrogen and oxygen atoms in total. The Morgan fingerprint density at radius 2 is 1.81 bits per heavy atom. The van der Waals surface area contributed by atoms with Crippen LogP contribution in [0.4, 0.5) is 11.4 Å². The smallest absolute Gasteiger partial charge is 0.187 e. The molecule has 1 aliphatic carbocycles. The monoisotopic (exact) mass is 376 g/mol. The fourth-order valence-corrected chi connectivity index (χ4v) is 4.96. The Balaban J connectivity index is 1.63. The van der Waals surface area contributed by atoms with Gasteiger partial charge in [0.15, 0.2) is 5.78 Å². The number of fused-ring (bicyclic) bond motifs is 1. The van der Waals surface area contributed by atoms with Crippen molar-refractivity contribution in [2.75, 3.05) is 30.4 Å². The van der Waals surface area contributed by atoms with E-state index in [1.54, 1.807) is 11.8 Å². The van der Waals surface area contributed by atoms with Gasteiger partial charge in [-0.2, -0.15) is 0 Å². The van der Waals surface area contributed by atoms with Gasteiger partial charge < -0.3 is 9.80 Å². The molecule has 0 saturated heterocycles. The van der Waals surface area contributed by atoms with Gasteiger partial charge in [0.2, 0.25) is 0 Å². The first-order valence-electron chi connectivity index (χ1n) is 9.38. The van der Waals surface area contributed by atoms with E-state index in [0.29, 0.717) is 0 Å². The molecular weight excluding hydrogens is 352 g/mol. The normalized spacial score (nSPS) is 20.5. The lowest BCUT2D eigenvalue weighted by molar-refractivity contribution is -0.111. The van der Waals surface area contributed by atoms with Gasteiger partial charge in [-0.15, -0.1) is 0 Å². The van der Waals surface area contributed by atoms with E-state index in [9.17, 15) is 4.79 Å². The van der Waals surface area contributed by atoms with Crippen molar-refractivity contribution in [1.29, 1.82) is 0 Å². The molecule has 2 aromatic carbocycles. The van der Waals surface area contributed by atoms with E-state index in [4.69, 9.17) is 0 Å². The molecular formula is C23H24N2OS. The average molecular weight is 377 g/mol. The second-order valence-corrected chi connectivity index (χ2v) is 8.11. The van der Waals surface area contributed by atoms with Gasteiger partial charge in [0.05, 0.1) is 10.7 Å². The Labute approximate surface area is 165 Å². The molecule has 0 N–H and O–H groups in total. The van der Waals surface area contributed by atoms with E-state index < -0.39 is 0 Å². The summed E-state index contributed by atoms with van der Waals surface area (Å²) in [6, 6.07) is 16.8. The molecule has 0 unspecified atom stereocenters. The van der Waals surface area contributed by atoms with Gasteiger partial charge in [-0.3, -0.25) is 4.79 Å². The summed E-state index contributed by atoms with van der Waals surface area (Å²) in [5.41, 5.74) is 5.36. The molecule has 1 saturated carbocycles. The maximum absolute atomic E-state index is 13.1. The third-order valence-electron chi connectivity index (χ3n) is 5.14. The molecule has 2 aliphatic rings. The average Bonchev–Trinajstić information content (AvgIpc) is 3.22. The Hall–Kier alpha value is -2.46. The van der Waals surface area contributed by atoms with Crippen LogP contribution in [0.15, 0.2) is 69.6 Å². The summed E-state index contributed by atoms with van der Waals surface area (Å²) < 4.78 is 0. The minimum Gasteiger partial charge on any atom is -0.378 e. The van der Waals surface area contributed by atoms with E-state index in [1.165, 1.54) is 10.6 Å². The highest BCUT2D eigenvalue weighted by Crippen LogP contribution is 2.49. The summed E-state index contributed by atoms with van der Waals surface area (Å²) in [6.07, 6.45) is 3.70. The molecule has 0 atom stereocenters. The van der Waals surface area contributed by atoms with Crippen molar-refractivity contribution in [2.24, 2.45) is 0 Å². The standard InChI is InChI=1S/C23H24N2OS/c1-4-25-20-7-5-6-8-21(20)27-23(25)19-14-11-17(22(19)26)15-16-9-12-18(13-10-16)24(2)3/h5-10,12-13,15H,4,11,14H2,1-3H3/b17-15+,23-19-. The van der Waals surface area contributed by atoms with Crippen LogP contribution in [0.1, 0.15) is 25.3 Å². The van der Waals surface area contributed by atoms with E-state index in [-0.39, 0.29) is 5.78 Å². The Bertz CT molecular complexity index is 941. The Morgan fingerprint density at radius 3 is 2.52 bits per heavy atom. The maximum atomic E-state index is 13.1. The zero-order chi connectivity index (χ0) is 19.0. The molecule has 0 spiro atoms. The molecule has 1 fully saturated rings. The number of anilines is 2. The van der Waals surface area contributed by atoms with Crippen molar-refractivity contribution in [2.45, 2.75) is 24.7 Å². The van der Waals surface area contributed by atoms with Gasteiger partial charge in [0, 0.05) is 42.4 Å². The third kappa shape index (κ3) is 3.30. The molecule has 0 radical (unpaired) electrons. The van der Waals surface area contributed by atoms with Gasteiger partial charge in [0.1, 0.15) is 0 Å². The number of carbonyl (C=O) groups is 1. The molecule has 0 amide bonds. The maximum Gasteiger partial charge on any atom is 0.187 e. The number of ketones is 1. The predicted octanol–water partition coefficient (Wildman–Crippen LogP) is 5.34. The number of para-hydroxylation sites is 1. The highest BCUT2D eigenvalue weighted by atomic mass is 32.2. The van der Waals surface area contributed by atoms with Crippen LogP contribution in [0.2, 0.25) is 0 Å². The molecule has 2 aromatic rings. The van der Waals surface area contributed by atoms with Crippen molar-refractivity contribution in [3.8, 4) is 0 Å². The van der Waals surface area contributed by atoms with Crippen LogP contribution in [-0.2, 0) is 4.79 Å². The van der Waals surface area contributed by atoms with Gasteiger partial charge in [-0.05, 0) is 55.7 Å². The predicted molar refractivity (Wildman–Crippen MR) is 115 cm³/mol. The fourth-order valence-electron chi connectivity index (χ4n) is 3.67. The fraction of sp³-hybridized carbons (Fsp3) is 0.261. The quantitative estimate of drug-likeness (QED) is 0.675. The number of nitrogens with zero attached hydrogens (tertiary/aromatic N) is 2. The Kier molecular flexibility index (Phi) is 4.83. The first kappa shape index (κ1) is 17.9. The first-order chi connectivity index (χ1) is 13.1. The summed E-state index contributed by atoms with van der Waals surface area (Å²) >= 11 is 1.74. The topological polar surface area (TPSA) is 23.6 Å². The molecule has 1 heterocycles. The van der Waals surface area contributed by atoms with Crippen LogP contribution in [0.5, 0.6) is 0 Å². The SMILES string of the molecule is CCN1/C(=C2\CC/C(=C\c3ccc(N(C)C)cc3)C2=O)Sc2ccccc21. The number of carbonyl (C=O) groups excluding carboxylic acids is 1. The minimum absolute atomic E-state index is 0.209. The van der Waals surface area contributed by atoms with Gasteiger partial charge >= 0.3 is 0 Å². The van der Waals surface area contributed by atoms with Crippen LogP contribution < -0.4 is 9.80 Å². The zero-order valence-corrected chi connectivity index (χ0v) is 16.8. The number of rotatable bonds is 3. The molecule has 4 rings (SSSR count). The molecule has 4 heteroatoms. The summed E-state index contributed by atoms with van der Waals surface area (Å²) in [5, 5.41) is 1.12. The van der Waals surface area contributed by atoms with Crippen LogP contribution in [-0.4, -0.2) is 26.4 Å². The number of thioether (sulfide) groups is 1. The summed E-state index contributed by atoms with van der Waals surface area (Å²) in [5.74, 6) is 0.209. The van der Waals surface area contributed by atoms with Crippen LogP contribution in [0.3, 0.4) is 0 Å². The number of Topliss-reactive ketones (excluding diaryl/α,β-unsaturated/α-hetero) is 1. The number of hydrogen-bond acceptors (Lipinski definition) is 4. The second kappa shape index (κ2) is 7.28. The van der Waals surface area contributed by atoms with Crippen molar-refractivity contribution >= 4 is 35.0 Å². The molecule has 0 bridgehead atoms. The van der Waals surface area contributed by atoms with Gasteiger partial charge in [-0.25, -0.2) is 0 Å². The van der Waals surface area contributed by atoms with Crippen molar-refractivity contribution in [3.63, 3.8) is 0 Å². The summed E-state index contributed by atoms with van der Waals surface area (Å²) in [4.78, 5) is 18.7. The molecule has 138 valence electrons. The van der Waals surface area contributed by atoms with Gasteiger partial charge in [-0.1, -0.05) is 36.0 Å². The number of allylic oxidation sites excluding steroid dienone is 2. The highest BCUT2D eigenvalue weighted by molar-refractivity contribution is 8.03. The Morgan fingerprint density at radius 1 is 1.07 bits per heavy atom. The summed E-state index contributed by atoms with van der Waals surface area (Å²) in [7, 11) is 4.06. The van der Waals surface area contributed by atoms with Crippen LogP contribution in [0, 0.1) is 0 Å². The number of hydrogen-bond donors (Lipinski definition) is 0. The van der Waals surface area contributed by atoms with E-state index in [1.807, 2.05) is 14.1 Å². The molecule has 1 aliphatic heterocycles. The lowest BCUT2D eigenvalue weighted by Crippen LogP contribution is -2.19. The van der Waals surface area contributed by atoms with Crippen molar-refractivity contribution in [3.05, 3.63) is 70.3 Å². The highest BCUT2D eigenvalue weighted by Gasteiger charge is 2.33. The molecule has 0 aromatic heterocycles. The van der Waals surface area contributed by atoms with E-state index in [0.717, 1.165) is 46.8 Å². The third-order valence-corrected chi connectivity index (χ3v) is 6.37. The second-order valence-electron chi connectivity index (χ2n) is 7.08. The van der Waals surface area contributed by atoms with E-state index in [2.05, 4.69) is 71.3 Å². The molecule has 27 heavy (non-hydrogen) atoms. The lowest BCUT2D eigenvalue weighted by atomic mass is 10.1. The van der Waals surface area contributed by atoms with Crippen molar-refractivity contribution < 1.29 is 4.79 Å².